The molecule has 0 saturated heterocycles. The highest BCUT2D eigenvalue weighted by Crippen LogP contribution is 2.27. The molecule has 0 radical (unpaired) electrons. The Bertz CT molecular complexity index is 1730. The van der Waals surface area contributed by atoms with Crippen molar-refractivity contribution < 1.29 is 23.9 Å². The molecule has 0 aliphatic rings. The molecule has 0 fully saturated rings. The van der Waals surface area contributed by atoms with Gasteiger partial charge in [0.05, 0.1) is 11.9 Å². The fraction of sp³-hybridized carbons (Fsp3) is 0.306. The first-order valence-electron chi connectivity index (χ1n) is 15.2. The molecule has 0 atom stereocenters. The van der Waals surface area contributed by atoms with Gasteiger partial charge in [-0.3, -0.25) is 10.1 Å². The number of carbonyl (C=O) groups excluding carboxylic acids is 3. The van der Waals surface area contributed by atoms with Crippen LogP contribution in [-0.2, 0) is 11.2 Å². The SMILES string of the molecule is Cc1ccc(-c2ccc(Cl)cc2)c(C(=O)Nc2ccc(OC(=O)N(CCc3cccc(NC(=O)OC(C)(C)C)n3)C(C)(C)C)nc2)c1. The standard InChI is InChI=1S/C36H40ClN5O5/c1-23-11-17-28(24-12-14-25(37)15-13-24)29(21-23)32(43)40-27-16-18-31(38-22-27)46-34(45)42(35(2,3)4)20-19-26-9-8-10-30(39-26)41-33(44)47-36(5,6)7/h8-18,21-22H,19-20H2,1-7H3,(H,40,43)(H,39,41,44). The lowest BCUT2D eigenvalue weighted by Crippen LogP contribution is -2.48. The minimum atomic E-state index is -0.637. The van der Waals surface area contributed by atoms with Crippen LogP contribution in [0.25, 0.3) is 11.1 Å². The highest BCUT2D eigenvalue weighted by Gasteiger charge is 2.28. The number of nitrogens with zero attached hydrogens (tertiary/aromatic N) is 3. The van der Waals surface area contributed by atoms with E-state index in [4.69, 9.17) is 21.1 Å². The number of amides is 3. The number of carbonyl (C=O) groups is 3. The monoisotopic (exact) mass is 657 g/mol. The molecule has 47 heavy (non-hydrogen) atoms. The van der Waals surface area contributed by atoms with Crippen LogP contribution < -0.4 is 15.4 Å². The topological polar surface area (TPSA) is 123 Å². The van der Waals surface area contributed by atoms with E-state index in [2.05, 4.69) is 20.6 Å². The average molecular weight is 658 g/mol. The summed E-state index contributed by atoms with van der Waals surface area (Å²) in [7, 11) is 0. The van der Waals surface area contributed by atoms with Crippen molar-refractivity contribution in [3.63, 3.8) is 0 Å². The zero-order chi connectivity index (χ0) is 34.4. The van der Waals surface area contributed by atoms with E-state index >= 15 is 0 Å². The molecular formula is C36H40ClN5O5. The quantitative estimate of drug-likeness (QED) is 0.195. The van der Waals surface area contributed by atoms with Gasteiger partial charge in [0.25, 0.3) is 5.91 Å². The number of rotatable bonds is 8. The smallest absolute Gasteiger partial charge is 0.417 e. The van der Waals surface area contributed by atoms with Gasteiger partial charge in [-0.15, -0.1) is 0 Å². The molecule has 0 saturated carbocycles. The van der Waals surface area contributed by atoms with Crippen molar-refractivity contribution in [2.75, 3.05) is 17.2 Å². The number of ether oxygens (including phenoxy) is 2. The zero-order valence-electron chi connectivity index (χ0n) is 27.7. The number of nitrogens with one attached hydrogen (secondary N) is 2. The van der Waals surface area contributed by atoms with E-state index in [0.29, 0.717) is 40.8 Å². The lowest BCUT2D eigenvalue weighted by molar-refractivity contribution is 0.0635. The summed E-state index contributed by atoms with van der Waals surface area (Å²) in [6.07, 6.45) is 0.661. The van der Waals surface area contributed by atoms with Crippen LogP contribution in [0.1, 0.15) is 63.2 Å². The molecule has 2 aromatic heterocycles. The first-order chi connectivity index (χ1) is 22.1. The van der Waals surface area contributed by atoms with E-state index < -0.39 is 23.3 Å². The Morgan fingerprint density at radius 3 is 2.26 bits per heavy atom. The van der Waals surface area contributed by atoms with Crippen LogP contribution in [0.5, 0.6) is 5.88 Å². The van der Waals surface area contributed by atoms with Crippen LogP contribution in [0.4, 0.5) is 21.1 Å². The van der Waals surface area contributed by atoms with Gasteiger partial charge < -0.3 is 19.7 Å². The Hall–Kier alpha value is -4.96. The number of hydrogen-bond donors (Lipinski definition) is 2. The van der Waals surface area contributed by atoms with Crippen molar-refractivity contribution in [1.82, 2.24) is 14.9 Å². The Morgan fingerprint density at radius 2 is 1.62 bits per heavy atom. The van der Waals surface area contributed by atoms with Gasteiger partial charge in [-0.2, -0.15) is 0 Å². The third-order valence-electron chi connectivity index (χ3n) is 6.82. The fourth-order valence-electron chi connectivity index (χ4n) is 4.61. The van der Waals surface area contributed by atoms with Gasteiger partial charge in [0.15, 0.2) is 0 Å². The summed E-state index contributed by atoms with van der Waals surface area (Å²) in [6, 6.07) is 21.4. The summed E-state index contributed by atoms with van der Waals surface area (Å²) in [4.78, 5) is 49.1. The maximum absolute atomic E-state index is 13.3. The van der Waals surface area contributed by atoms with E-state index in [1.54, 1.807) is 56.0 Å². The lowest BCUT2D eigenvalue weighted by atomic mass is 9.97. The number of halogens is 1. The van der Waals surface area contributed by atoms with Crippen molar-refractivity contribution >= 4 is 41.2 Å². The third kappa shape index (κ3) is 10.3. The van der Waals surface area contributed by atoms with Crippen LogP contribution in [0.3, 0.4) is 0 Å². The number of benzene rings is 2. The Balaban J connectivity index is 1.39. The first-order valence-corrected chi connectivity index (χ1v) is 15.5. The van der Waals surface area contributed by atoms with Gasteiger partial charge in [0.1, 0.15) is 11.4 Å². The molecule has 2 heterocycles. The van der Waals surface area contributed by atoms with E-state index in [1.165, 1.54) is 12.3 Å². The Kier molecular flexibility index (Phi) is 10.9. The molecule has 11 heteroatoms. The van der Waals surface area contributed by atoms with Crippen molar-refractivity contribution in [3.8, 4) is 17.0 Å². The summed E-state index contributed by atoms with van der Waals surface area (Å²) in [6.45, 7) is 13.3. The molecule has 3 amide bonds. The summed E-state index contributed by atoms with van der Waals surface area (Å²) in [5.41, 5.74) is 2.98. The molecule has 0 unspecified atom stereocenters. The van der Waals surface area contributed by atoms with E-state index in [1.807, 2.05) is 64.1 Å². The molecule has 0 aliphatic heterocycles. The highest BCUT2D eigenvalue weighted by atomic mass is 35.5. The Morgan fingerprint density at radius 1 is 0.894 bits per heavy atom. The lowest BCUT2D eigenvalue weighted by Gasteiger charge is -2.34. The molecule has 10 nitrogen and oxygen atoms in total. The van der Waals surface area contributed by atoms with Crippen LogP contribution in [0.2, 0.25) is 5.02 Å². The molecule has 2 aromatic carbocycles. The number of hydrogen-bond acceptors (Lipinski definition) is 7. The average Bonchev–Trinajstić information content (AvgIpc) is 2.97. The molecule has 246 valence electrons. The summed E-state index contributed by atoms with van der Waals surface area (Å²) in [5, 5.41) is 6.13. The second-order valence-electron chi connectivity index (χ2n) is 13.0. The molecule has 4 rings (SSSR count). The predicted molar refractivity (Wildman–Crippen MR) is 184 cm³/mol. The fourth-order valence-corrected chi connectivity index (χ4v) is 4.73. The summed E-state index contributed by atoms with van der Waals surface area (Å²) >= 11 is 6.05. The van der Waals surface area contributed by atoms with Crippen LogP contribution in [-0.4, -0.2) is 50.6 Å². The number of pyridine rings is 2. The molecule has 0 bridgehead atoms. The highest BCUT2D eigenvalue weighted by molar-refractivity contribution is 6.30. The van der Waals surface area contributed by atoms with Gasteiger partial charge in [0.2, 0.25) is 5.88 Å². The molecule has 2 N–H and O–H groups in total. The first kappa shape index (κ1) is 34.9. The molecule has 0 spiro atoms. The van der Waals surface area contributed by atoms with Crippen LogP contribution in [0.15, 0.2) is 79.0 Å². The molecule has 4 aromatic rings. The normalized spacial score (nSPS) is 11.4. The maximum atomic E-state index is 13.3. The van der Waals surface area contributed by atoms with E-state index in [0.717, 1.165) is 16.7 Å². The van der Waals surface area contributed by atoms with Crippen LogP contribution in [0, 0.1) is 6.92 Å². The number of aromatic nitrogens is 2. The third-order valence-corrected chi connectivity index (χ3v) is 7.07. The van der Waals surface area contributed by atoms with Crippen molar-refractivity contribution in [1.29, 1.82) is 0 Å². The second-order valence-corrected chi connectivity index (χ2v) is 13.4. The molecule has 0 aliphatic carbocycles. The zero-order valence-corrected chi connectivity index (χ0v) is 28.4. The van der Waals surface area contributed by atoms with Crippen molar-refractivity contribution in [3.05, 3.63) is 101 Å². The maximum Gasteiger partial charge on any atom is 0.417 e. The number of aryl methyl sites for hydroxylation is 1. The van der Waals surface area contributed by atoms with Gasteiger partial charge >= 0.3 is 12.2 Å². The van der Waals surface area contributed by atoms with Gasteiger partial charge in [0, 0.05) is 40.9 Å². The van der Waals surface area contributed by atoms with Crippen LogP contribution >= 0.6 is 11.6 Å². The van der Waals surface area contributed by atoms with Crippen molar-refractivity contribution in [2.45, 2.75) is 66.0 Å². The molecular weight excluding hydrogens is 618 g/mol. The van der Waals surface area contributed by atoms with Gasteiger partial charge in [-0.25, -0.2) is 19.6 Å². The second kappa shape index (κ2) is 14.6. The minimum absolute atomic E-state index is 0.0846. The van der Waals surface area contributed by atoms with E-state index in [9.17, 15) is 14.4 Å². The van der Waals surface area contributed by atoms with Gasteiger partial charge in [-0.05, 0) is 96.0 Å². The Labute approximate surface area is 280 Å². The van der Waals surface area contributed by atoms with E-state index in [-0.39, 0.29) is 11.8 Å². The summed E-state index contributed by atoms with van der Waals surface area (Å²) in [5.74, 6) is 0.131. The number of anilines is 2. The minimum Gasteiger partial charge on any atom is -0.444 e. The predicted octanol–water partition coefficient (Wildman–Crippen LogP) is 8.55. The van der Waals surface area contributed by atoms with Crippen molar-refractivity contribution in [2.24, 2.45) is 0 Å². The summed E-state index contributed by atoms with van der Waals surface area (Å²) < 4.78 is 10.9. The largest absolute Gasteiger partial charge is 0.444 e. The van der Waals surface area contributed by atoms with Gasteiger partial charge in [-0.1, -0.05) is 47.5 Å².